The fraction of sp³-hybridized carbons (Fsp3) is 0.333. The highest BCUT2D eigenvalue weighted by molar-refractivity contribution is 6.30. The zero-order valence-electron chi connectivity index (χ0n) is 13.5. The first-order chi connectivity index (χ1) is 12.3. The van der Waals surface area contributed by atoms with Crippen LogP contribution < -0.4 is 14.8 Å². The fourth-order valence-corrected chi connectivity index (χ4v) is 2.81. The van der Waals surface area contributed by atoms with Gasteiger partial charge in [0.1, 0.15) is 23.4 Å². The summed E-state index contributed by atoms with van der Waals surface area (Å²) in [5, 5.41) is 3.14. The lowest BCUT2D eigenvalue weighted by atomic mass is 9.92. The van der Waals surface area contributed by atoms with E-state index in [4.69, 9.17) is 16.3 Å². The van der Waals surface area contributed by atoms with Gasteiger partial charge in [-0.25, -0.2) is 4.39 Å². The number of benzene rings is 2. The number of rotatable bonds is 6. The quantitative estimate of drug-likeness (QED) is 0.697. The Morgan fingerprint density at radius 2 is 1.85 bits per heavy atom. The van der Waals surface area contributed by atoms with Crippen LogP contribution in [-0.2, 0) is 0 Å². The van der Waals surface area contributed by atoms with Crippen LogP contribution in [0.15, 0.2) is 42.5 Å². The molecule has 1 atom stereocenters. The van der Waals surface area contributed by atoms with Gasteiger partial charge >= 0.3 is 6.36 Å². The molecular formula is C18H16ClF4NO2. The highest BCUT2D eigenvalue weighted by atomic mass is 35.5. The average Bonchev–Trinajstić information content (AvgIpc) is 2.51. The molecule has 1 fully saturated rings. The average molecular weight is 390 g/mol. The Hall–Kier alpha value is -1.99. The minimum atomic E-state index is -4.78. The molecule has 1 saturated heterocycles. The van der Waals surface area contributed by atoms with E-state index in [1.165, 1.54) is 30.3 Å². The lowest BCUT2D eigenvalue weighted by Gasteiger charge is -2.31. The van der Waals surface area contributed by atoms with Gasteiger partial charge < -0.3 is 14.8 Å². The zero-order valence-corrected chi connectivity index (χ0v) is 14.3. The molecule has 1 heterocycles. The first kappa shape index (κ1) is 18.8. The number of halogens is 5. The summed E-state index contributed by atoms with van der Waals surface area (Å²) >= 11 is 5.72. The summed E-state index contributed by atoms with van der Waals surface area (Å²) in [6.07, 6.45) is -4.71. The van der Waals surface area contributed by atoms with Crippen LogP contribution >= 0.6 is 11.6 Å². The van der Waals surface area contributed by atoms with Crippen LogP contribution in [0.1, 0.15) is 18.1 Å². The number of hydrogen-bond donors (Lipinski definition) is 1. The standard InChI is InChI=1S/C18H16ClF4NO2/c19-15-5-4-12(7-16(15)20)17(6-11-9-24-10-11)25-13-2-1-3-14(8-13)26-18(21,22)23/h1-5,7-8,11,17,24H,6,9-10H2. The molecule has 26 heavy (non-hydrogen) atoms. The third kappa shape index (κ3) is 5.02. The van der Waals surface area contributed by atoms with Crippen LogP contribution in [0, 0.1) is 11.7 Å². The van der Waals surface area contributed by atoms with E-state index in [-0.39, 0.29) is 16.5 Å². The van der Waals surface area contributed by atoms with Crippen molar-refractivity contribution in [3.8, 4) is 11.5 Å². The van der Waals surface area contributed by atoms with E-state index >= 15 is 0 Å². The van der Waals surface area contributed by atoms with Crippen molar-refractivity contribution < 1.29 is 27.0 Å². The van der Waals surface area contributed by atoms with Crippen molar-refractivity contribution in [1.29, 1.82) is 0 Å². The second kappa shape index (κ2) is 7.72. The van der Waals surface area contributed by atoms with Crippen molar-refractivity contribution in [2.24, 2.45) is 5.92 Å². The fourth-order valence-electron chi connectivity index (χ4n) is 2.69. The Morgan fingerprint density at radius 1 is 1.12 bits per heavy atom. The van der Waals surface area contributed by atoms with E-state index < -0.39 is 18.3 Å². The predicted molar refractivity (Wildman–Crippen MR) is 88.9 cm³/mol. The molecule has 1 aliphatic rings. The molecule has 0 aliphatic carbocycles. The minimum absolute atomic E-state index is 0.00150. The van der Waals surface area contributed by atoms with Gasteiger partial charge in [0.25, 0.3) is 0 Å². The molecule has 0 bridgehead atoms. The predicted octanol–water partition coefficient (Wildman–Crippen LogP) is 5.11. The highest BCUT2D eigenvalue weighted by Gasteiger charge is 2.31. The van der Waals surface area contributed by atoms with Gasteiger partial charge in [0.05, 0.1) is 5.02 Å². The van der Waals surface area contributed by atoms with Crippen molar-refractivity contribution in [3.05, 3.63) is 58.9 Å². The molecule has 140 valence electrons. The SMILES string of the molecule is Fc1cc(C(CC2CNC2)Oc2cccc(OC(F)(F)F)c2)ccc1Cl. The lowest BCUT2D eigenvalue weighted by Crippen LogP contribution is -2.43. The summed E-state index contributed by atoms with van der Waals surface area (Å²) in [6.45, 7) is 1.63. The third-order valence-electron chi connectivity index (χ3n) is 4.05. The Labute approximate surface area is 152 Å². The minimum Gasteiger partial charge on any atom is -0.486 e. The summed E-state index contributed by atoms with van der Waals surface area (Å²) in [4.78, 5) is 0. The normalized spacial score (nSPS) is 16.0. The molecule has 3 rings (SSSR count). The molecular weight excluding hydrogens is 374 g/mol. The molecule has 0 spiro atoms. The van der Waals surface area contributed by atoms with Crippen molar-refractivity contribution in [1.82, 2.24) is 5.32 Å². The molecule has 0 radical (unpaired) electrons. The molecule has 0 saturated carbocycles. The first-order valence-electron chi connectivity index (χ1n) is 7.98. The van der Waals surface area contributed by atoms with Gasteiger partial charge in [-0.2, -0.15) is 0 Å². The molecule has 2 aromatic carbocycles. The van der Waals surface area contributed by atoms with E-state index in [0.29, 0.717) is 17.9 Å². The van der Waals surface area contributed by atoms with Gasteiger partial charge in [-0.15, -0.1) is 13.2 Å². The Balaban J connectivity index is 1.81. The number of ether oxygens (including phenoxy) is 2. The van der Waals surface area contributed by atoms with Crippen LogP contribution in [0.5, 0.6) is 11.5 Å². The molecule has 0 amide bonds. The van der Waals surface area contributed by atoms with Crippen LogP contribution in [0.2, 0.25) is 5.02 Å². The molecule has 1 unspecified atom stereocenters. The lowest BCUT2D eigenvalue weighted by molar-refractivity contribution is -0.274. The van der Waals surface area contributed by atoms with Crippen molar-refractivity contribution >= 4 is 11.6 Å². The Bertz CT molecular complexity index is 765. The Kier molecular flexibility index (Phi) is 5.58. The summed E-state index contributed by atoms with van der Waals surface area (Å²) in [7, 11) is 0. The smallest absolute Gasteiger partial charge is 0.486 e. The van der Waals surface area contributed by atoms with E-state index in [1.807, 2.05) is 0 Å². The molecule has 0 aromatic heterocycles. The molecule has 1 N–H and O–H groups in total. The summed E-state index contributed by atoms with van der Waals surface area (Å²) in [5.41, 5.74) is 0.570. The van der Waals surface area contributed by atoms with Gasteiger partial charge in [0.15, 0.2) is 0 Å². The van der Waals surface area contributed by atoms with Gasteiger partial charge in [-0.3, -0.25) is 0 Å². The van der Waals surface area contributed by atoms with Crippen LogP contribution in [0.4, 0.5) is 17.6 Å². The summed E-state index contributed by atoms with van der Waals surface area (Å²) < 4.78 is 60.8. The second-order valence-corrected chi connectivity index (χ2v) is 6.47. The maximum Gasteiger partial charge on any atom is 0.573 e. The summed E-state index contributed by atoms with van der Waals surface area (Å²) in [6, 6.07) is 9.65. The topological polar surface area (TPSA) is 30.5 Å². The van der Waals surface area contributed by atoms with E-state index in [0.717, 1.165) is 19.2 Å². The molecule has 3 nitrogen and oxygen atoms in total. The maximum absolute atomic E-state index is 13.8. The Morgan fingerprint density at radius 3 is 2.46 bits per heavy atom. The zero-order chi connectivity index (χ0) is 18.7. The third-order valence-corrected chi connectivity index (χ3v) is 4.35. The van der Waals surface area contributed by atoms with E-state index in [2.05, 4.69) is 10.1 Å². The van der Waals surface area contributed by atoms with E-state index in [1.54, 1.807) is 6.07 Å². The van der Waals surface area contributed by atoms with Gasteiger partial charge in [0.2, 0.25) is 0 Å². The highest BCUT2D eigenvalue weighted by Crippen LogP contribution is 2.33. The largest absolute Gasteiger partial charge is 0.573 e. The van der Waals surface area contributed by atoms with Crippen LogP contribution in [0.25, 0.3) is 0 Å². The molecule has 1 aliphatic heterocycles. The van der Waals surface area contributed by atoms with Crippen molar-refractivity contribution in [2.75, 3.05) is 13.1 Å². The maximum atomic E-state index is 13.8. The molecule has 8 heteroatoms. The van der Waals surface area contributed by atoms with Crippen LogP contribution in [-0.4, -0.2) is 19.5 Å². The monoisotopic (exact) mass is 389 g/mol. The van der Waals surface area contributed by atoms with E-state index in [9.17, 15) is 17.6 Å². The second-order valence-electron chi connectivity index (χ2n) is 6.06. The van der Waals surface area contributed by atoms with Gasteiger partial charge in [0, 0.05) is 6.07 Å². The first-order valence-corrected chi connectivity index (χ1v) is 8.36. The number of nitrogens with one attached hydrogen (secondary N) is 1. The number of alkyl halides is 3. The van der Waals surface area contributed by atoms with Gasteiger partial charge in [-0.05, 0) is 55.3 Å². The van der Waals surface area contributed by atoms with Gasteiger partial charge in [-0.1, -0.05) is 23.7 Å². The summed E-state index contributed by atoms with van der Waals surface area (Å²) in [5.74, 6) is -0.396. The number of hydrogen-bond acceptors (Lipinski definition) is 3. The van der Waals surface area contributed by atoms with Crippen molar-refractivity contribution in [2.45, 2.75) is 18.9 Å². The van der Waals surface area contributed by atoms with Crippen molar-refractivity contribution in [3.63, 3.8) is 0 Å². The molecule has 2 aromatic rings. The van der Waals surface area contributed by atoms with Crippen LogP contribution in [0.3, 0.4) is 0 Å².